The summed E-state index contributed by atoms with van der Waals surface area (Å²) in [5.74, 6) is 0.183. The van der Waals surface area contributed by atoms with E-state index >= 15 is 0 Å². The first-order valence-corrected chi connectivity index (χ1v) is 13.1. The summed E-state index contributed by atoms with van der Waals surface area (Å²) in [6, 6.07) is 16.0. The summed E-state index contributed by atoms with van der Waals surface area (Å²) in [7, 11) is 1.75. The Morgan fingerprint density at radius 3 is 2.67 bits per heavy atom. The zero-order valence-electron chi connectivity index (χ0n) is 22.2. The van der Waals surface area contributed by atoms with Gasteiger partial charge in [0.25, 0.3) is 11.8 Å². The number of hydrogen-bond acceptors (Lipinski definition) is 7. The molecule has 2 N–H and O–H groups in total. The van der Waals surface area contributed by atoms with Crippen LogP contribution in [0.15, 0.2) is 59.1 Å². The van der Waals surface area contributed by atoms with Crippen LogP contribution in [-0.4, -0.2) is 59.7 Å². The third-order valence-electron chi connectivity index (χ3n) is 7.22. The molecule has 0 spiro atoms. The quantitative estimate of drug-likeness (QED) is 0.494. The molecule has 1 fully saturated rings. The van der Waals surface area contributed by atoms with Gasteiger partial charge in [0.2, 0.25) is 5.91 Å². The lowest BCUT2D eigenvalue weighted by atomic mass is 9.94. The van der Waals surface area contributed by atoms with E-state index in [9.17, 15) is 14.4 Å². The van der Waals surface area contributed by atoms with Crippen LogP contribution in [0.4, 0.5) is 5.69 Å². The average Bonchev–Trinajstić information content (AvgIpc) is 3.38. The minimum Gasteiger partial charge on any atom is -0.490 e. The second-order valence-electron chi connectivity index (χ2n) is 10.1. The highest BCUT2D eigenvalue weighted by Gasteiger charge is 2.39. The number of nitrogens with one attached hydrogen (secondary N) is 2. The SMILES string of the molecule is Cc1cc(C(=O)Nc2ccc3c(c2)C(=O)N(C)[C@@H]2CC[C@H](CC(=O)N[C@H](C)c4ccccc4)O[C@@H]2CO3)no1. The molecule has 5 rings (SSSR count). The lowest BCUT2D eigenvalue weighted by Gasteiger charge is -2.42. The summed E-state index contributed by atoms with van der Waals surface area (Å²) in [6.07, 6.45) is 0.923. The Bertz CT molecular complexity index is 1360. The van der Waals surface area contributed by atoms with Gasteiger partial charge >= 0.3 is 0 Å². The van der Waals surface area contributed by atoms with E-state index in [4.69, 9.17) is 14.0 Å². The lowest BCUT2D eigenvalue weighted by molar-refractivity contribution is -0.134. The molecule has 0 unspecified atom stereocenters. The van der Waals surface area contributed by atoms with Gasteiger partial charge in [0.05, 0.1) is 30.2 Å². The zero-order chi connectivity index (χ0) is 27.5. The van der Waals surface area contributed by atoms with Gasteiger partial charge in [-0.15, -0.1) is 0 Å². The van der Waals surface area contributed by atoms with Gasteiger partial charge in [0.1, 0.15) is 24.2 Å². The van der Waals surface area contributed by atoms with E-state index in [2.05, 4.69) is 15.8 Å². The maximum Gasteiger partial charge on any atom is 0.277 e. The molecular weight excluding hydrogens is 500 g/mol. The fraction of sp³-hybridized carbons (Fsp3) is 0.379. The molecule has 3 amide bonds. The van der Waals surface area contributed by atoms with Gasteiger partial charge in [0, 0.05) is 18.8 Å². The van der Waals surface area contributed by atoms with Crippen molar-refractivity contribution in [3.05, 3.63) is 77.2 Å². The van der Waals surface area contributed by atoms with Crippen molar-refractivity contribution in [2.45, 2.75) is 57.4 Å². The number of anilines is 1. The number of likely N-dealkylation sites (N-methyl/N-ethyl adjacent to an activating group) is 1. The lowest BCUT2D eigenvalue weighted by Crippen LogP contribution is -2.54. The van der Waals surface area contributed by atoms with Crippen LogP contribution >= 0.6 is 0 Å². The first-order chi connectivity index (χ1) is 18.8. The standard InChI is InChI=1S/C29H32N4O6/c1-17-13-23(32-39-17)28(35)31-20-9-12-25-22(14-20)29(36)33(3)24-11-10-21(38-26(24)16-37-25)15-27(34)30-18(2)19-7-5-4-6-8-19/h4-9,12-14,18,21,24,26H,10-11,15-16H2,1-3H3,(H,30,34)(H,31,35)/t18-,21-,24-,26-/m1/s1. The fourth-order valence-electron chi connectivity index (χ4n) is 5.11. The van der Waals surface area contributed by atoms with E-state index in [1.54, 1.807) is 37.1 Å². The number of fused-ring (bicyclic) bond motifs is 2. The highest BCUT2D eigenvalue weighted by Crippen LogP contribution is 2.32. The summed E-state index contributed by atoms with van der Waals surface area (Å²) >= 11 is 0. The third kappa shape index (κ3) is 5.96. The highest BCUT2D eigenvalue weighted by atomic mass is 16.5. The van der Waals surface area contributed by atoms with Gasteiger partial charge in [-0.3, -0.25) is 14.4 Å². The summed E-state index contributed by atoms with van der Waals surface area (Å²) in [4.78, 5) is 40.3. The normalized spacial score (nSPS) is 21.5. The van der Waals surface area contributed by atoms with Crippen molar-refractivity contribution in [1.82, 2.24) is 15.4 Å². The Morgan fingerprint density at radius 2 is 1.92 bits per heavy atom. The number of aryl methyl sites for hydroxylation is 1. The van der Waals surface area contributed by atoms with Crippen LogP contribution in [0.5, 0.6) is 5.75 Å². The van der Waals surface area contributed by atoms with Crippen molar-refractivity contribution in [1.29, 1.82) is 0 Å². The molecule has 4 atom stereocenters. The number of carbonyl (C=O) groups excluding carboxylic acids is 3. The van der Waals surface area contributed by atoms with Gasteiger partial charge in [0.15, 0.2) is 5.69 Å². The van der Waals surface area contributed by atoms with Gasteiger partial charge in [-0.25, -0.2) is 0 Å². The molecule has 39 heavy (non-hydrogen) atoms. The largest absolute Gasteiger partial charge is 0.490 e. The maximum atomic E-state index is 13.5. The van der Waals surface area contributed by atoms with Crippen LogP contribution in [0, 0.1) is 6.92 Å². The van der Waals surface area contributed by atoms with Crippen molar-refractivity contribution in [2.75, 3.05) is 19.0 Å². The van der Waals surface area contributed by atoms with Crippen LogP contribution in [0.1, 0.15) is 64.4 Å². The summed E-state index contributed by atoms with van der Waals surface area (Å²) in [5, 5.41) is 9.51. The van der Waals surface area contributed by atoms with Crippen molar-refractivity contribution < 1.29 is 28.4 Å². The Labute approximate surface area is 226 Å². The minimum absolute atomic E-state index is 0.0771. The van der Waals surface area contributed by atoms with Gasteiger partial charge < -0.3 is 29.5 Å². The predicted molar refractivity (Wildman–Crippen MR) is 143 cm³/mol. The first kappa shape index (κ1) is 26.4. The molecule has 0 aliphatic carbocycles. The Kier molecular flexibility index (Phi) is 7.65. The number of amides is 3. The second kappa shape index (κ2) is 11.3. The molecule has 3 heterocycles. The first-order valence-electron chi connectivity index (χ1n) is 13.1. The molecule has 0 saturated carbocycles. The third-order valence-corrected chi connectivity index (χ3v) is 7.22. The highest BCUT2D eigenvalue weighted by molar-refractivity contribution is 6.04. The number of aromatic nitrogens is 1. The Balaban J connectivity index is 1.23. The monoisotopic (exact) mass is 532 g/mol. The number of hydrogen-bond donors (Lipinski definition) is 2. The summed E-state index contributed by atoms with van der Waals surface area (Å²) in [6.45, 7) is 3.89. The number of nitrogens with zero attached hydrogens (tertiary/aromatic N) is 2. The number of benzene rings is 2. The van der Waals surface area contributed by atoms with Crippen molar-refractivity contribution >= 4 is 23.4 Å². The van der Waals surface area contributed by atoms with E-state index in [1.165, 1.54) is 6.07 Å². The predicted octanol–water partition coefficient (Wildman–Crippen LogP) is 3.88. The van der Waals surface area contributed by atoms with Crippen LogP contribution in [0.25, 0.3) is 0 Å². The van der Waals surface area contributed by atoms with Gasteiger partial charge in [-0.2, -0.15) is 0 Å². The molecule has 10 heteroatoms. The molecule has 204 valence electrons. The average molecular weight is 533 g/mol. The van der Waals surface area contributed by atoms with Crippen molar-refractivity contribution in [2.24, 2.45) is 0 Å². The van der Waals surface area contributed by atoms with E-state index in [0.717, 1.165) is 5.56 Å². The van der Waals surface area contributed by atoms with E-state index < -0.39 is 5.91 Å². The van der Waals surface area contributed by atoms with Crippen molar-refractivity contribution in [3.8, 4) is 5.75 Å². The number of carbonyl (C=O) groups is 3. The van der Waals surface area contributed by atoms with Crippen LogP contribution in [-0.2, 0) is 9.53 Å². The molecule has 1 aromatic heterocycles. The maximum absolute atomic E-state index is 13.5. The van der Waals surface area contributed by atoms with Gasteiger partial charge in [-0.1, -0.05) is 35.5 Å². The Morgan fingerprint density at radius 1 is 1.13 bits per heavy atom. The number of ether oxygens (including phenoxy) is 2. The number of rotatable bonds is 6. The molecule has 0 bridgehead atoms. The van der Waals surface area contributed by atoms with E-state index in [0.29, 0.717) is 35.6 Å². The topological polar surface area (TPSA) is 123 Å². The van der Waals surface area contributed by atoms with Crippen LogP contribution < -0.4 is 15.4 Å². The van der Waals surface area contributed by atoms with Crippen molar-refractivity contribution in [3.63, 3.8) is 0 Å². The molecule has 0 radical (unpaired) electrons. The second-order valence-corrected chi connectivity index (χ2v) is 10.1. The van der Waals surface area contributed by atoms with Crippen LogP contribution in [0.3, 0.4) is 0 Å². The van der Waals surface area contributed by atoms with Gasteiger partial charge in [-0.05, 0) is 50.5 Å². The fourth-order valence-corrected chi connectivity index (χ4v) is 5.11. The smallest absolute Gasteiger partial charge is 0.277 e. The minimum atomic E-state index is -0.437. The molecule has 3 aromatic rings. The summed E-state index contributed by atoms with van der Waals surface area (Å²) in [5.41, 5.74) is 1.98. The van der Waals surface area contributed by atoms with E-state index in [-0.39, 0.29) is 54.8 Å². The molecule has 10 nitrogen and oxygen atoms in total. The molecule has 2 aliphatic heterocycles. The Hall–Kier alpha value is -4.18. The molecular formula is C29H32N4O6. The van der Waals surface area contributed by atoms with Crippen LogP contribution in [0.2, 0.25) is 0 Å². The molecule has 2 aromatic carbocycles. The summed E-state index contributed by atoms with van der Waals surface area (Å²) < 4.78 is 17.3. The molecule has 1 saturated heterocycles. The van der Waals surface area contributed by atoms with E-state index in [1.807, 2.05) is 37.3 Å². The zero-order valence-corrected chi connectivity index (χ0v) is 22.2. The molecule has 2 aliphatic rings.